The maximum Gasteiger partial charge on any atom is 0.227 e. The van der Waals surface area contributed by atoms with Crippen molar-refractivity contribution in [2.75, 3.05) is 44.6 Å². The molecule has 1 aliphatic heterocycles. The van der Waals surface area contributed by atoms with Crippen molar-refractivity contribution in [2.45, 2.75) is 12.8 Å². The zero-order chi connectivity index (χ0) is 24.2. The number of hydrogen-bond acceptors (Lipinski definition) is 7. The van der Waals surface area contributed by atoms with Crippen molar-refractivity contribution in [3.63, 3.8) is 0 Å². The van der Waals surface area contributed by atoms with E-state index in [1.54, 1.807) is 24.4 Å². The molecule has 0 radical (unpaired) electrons. The van der Waals surface area contributed by atoms with Crippen LogP contribution in [-0.4, -0.2) is 45.3 Å². The molecular formula is C25H25ClN4O4. The van der Waals surface area contributed by atoms with E-state index in [-0.39, 0.29) is 11.8 Å². The van der Waals surface area contributed by atoms with Crippen molar-refractivity contribution in [3.8, 4) is 23.3 Å². The molecule has 0 unspecified atom stereocenters. The monoisotopic (exact) mass is 480 g/mol. The molecule has 1 saturated heterocycles. The van der Waals surface area contributed by atoms with Gasteiger partial charge in [0, 0.05) is 53.4 Å². The smallest absolute Gasteiger partial charge is 0.227 e. The first kappa shape index (κ1) is 23.5. The minimum absolute atomic E-state index is 0.0722. The number of halogens is 1. The van der Waals surface area contributed by atoms with E-state index in [2.05, 4.69) is 21.3 Å². The Labute approximate surface area is 203 Å². The van der Waals surface area contributed by atoms with Crippen molar-refractivity contribution in [2.24, 2.45) is 5.92 Å². The molecule has 3 aromatic rings. The Morgan fingerprint density at radius 1 is 1.12 bits per heavy atom. The van der Waals surface area contributed by atoms with Gasteiger partial charge in [-0.05, 0) is 31.0 Å². The lowest BCUT2D eigenvalue weighted by molar-refractivity contribution is -0.120. The molecule has 2 aromatic carbocycles. The van der Waals surface area contributed by atoms with Gasteiger partial charge < -0.3 is 24.4 Å². The van der Waals surface area contributed by atoms with Gasteiger partial charge in [0.05, 0.1) is 38.1 Å². The number of ether oxygens (including phenoxy) is 3. The second-order valence-electron chi connectivity index (χ2n) is 7.96. The number of carbonyl (C=O) groups is 1. The largest absolute Gasteiger partial charge is 0.493 e. The van der Waals surface area contributed by atoms with Crippen LogP contribution in [0.1, 0.15) is 18.4 Å². The molecule has 1 N–H and O–H groups in total. The van der Waals surface area contributed by atoms with Gasteiger partial charge in [0.15, 0.2) is 11.5 Å². The van der Waals surface area contributed by atoms with E-state index in [9.17, 15) is 10.1 Å². The number of amides is 1. The normalized spacial score (nSPS) is 13.9. The fourth-order valence-electron chi connectivity index (χ4n) is 4.34. The van der Waals surface area contributed by atoms with Gasteiger partial charge in [0.1, 0.15) is 6.07 Å². The summed E-state index contributed by atoms with van der Waals surface area (Å²) in [6, 6.07) is 11.1. The standard InChI is InChI=1S/C25H25ClN4O4/c1-32-21-11-18(12-22(33-2)24(21)34-3)29-25(31)15-6-8-30(9-7-15)23-16(13-27)14-28-20-5-4-17(26)10-19(20)23/h4-5,10-12,14-15H,6-9H2,1-3H3,(H,29,31). The Bertz CT molecular complexity index is 1240. The van der Waals surface area contributed by atoms with Gasteiger partial charge in [0.25, 0.3) is 0 Å². The Hall–Kier alpha value is -3.70. The molecule has 1 aromatic heterocycles. The van der Waals surface area contributed by atoms with Gasteiger partial charge in [-0.25, -0.2) is 0 Å². The highest BCUT2D eigenvalue weighted by atomic mass is 35.5. The van der Waals surface area contributed by atoms with Crippen LogP contribution in [0.25, 0.3) is 10.9 Å². The maximum atomic E-state index is 13.0. The Morgan fingerprint density at radius 2 is 1.79 bits per heavy atom. The summed E-state index contributed by atoms with van der Waals surface area (Å²) in [4.78, 5) is 19.5. The molecule has 1 aliphatic rings. The lowest BCUT2D eigenvalue weighted by Crippen LogP contribution is -2.38. The van der Waals surface area contributed by atoms with E-state index >= 15 is 0 Å². The Morgan fingerprint density at radius 3 is 2.38 bits per heavy atom. The number of nitrogens with one attached hydrogen (secondary N) is 1. The summed E-state index contributed by atoms with van der Waals surface area (Å²) in [6.07, 6.45) is 2.88. The number of nitriles is 1. The molecule has 2 heterocycles. The lowest BCUT2D eigenvalue weighted by Gasteiger charge is -2.34. The van der Waals surface area contributed by atoms with Crippen LogP contribution in [0.2, 0.25) is 5.02 Å². The molecule has 1 fully saturated rings. The van der Waals surface area contributed by atoms with E-state index in [1.807, 2.05) is 12.1 Å². The predicted molar refractivity (Wildman–Crippen MR) is 131 cm³/mol. The van der Waals surface area contributed by atoms with Crippen molar-refractivity contribution >= 4 is 39.8 Å². The van der Waals surface area contributed by atoms with Crippen molar-refractivity contribution < 1.29 is 19.0 Å². The number of benzene rings is 2. The zero-order valence-electron chi connectivity index (χ0n) is 19.2. The first-order valence-corrected chi connectivity index (χ1v) is 11.2. The highest BCUT2D eigenvalue weighted by Crippen LogP contribution is 2.40. The van der Waals surface area contributed by atoms with Crippen LogP contribution in [0.15, 0.2) is 36.5 Å². The molecule has 1 amide bonds. The number of aromatic nitrogens is 1. The van der Waals surface area contributed by atoms with E-state index in [0.29, 0.717) is 59.5 Å². The number of carbonyl (C=O) groups excluding carboxylic acids is 1. The summed E-state index contributed by atoms with van der Waals surface area (Å²) >= 11 is 6.22. The number of anilines is 2. The van der Waals surface area contributed by atoms with Gasteiger partial charge >= 0.3 is 0 Å². The minimum atomic E-state index is -0.169. The van der Waals surface area contributed by atoms with Crippen molar-refractivity contribution in [1.82, 2.24) is 4.98 Å². The van der Waals surface area contributed by atoms with Gasteiger partial charge in [-0.1, -0.05) is 11.6 Å². The Kier molecular flexibility index (Phi) is 6.94. The average molecular weight is 481 g/mol. The third-order valence-corrected chi connectivity index (χ3v) is 6.27. The zero-order valence-corrected chi connectivity index (χ0v) is 20.0. The number of hydrogen-bond donors (Lipinski definition) is 1. The second-order valence-corrected chi connectivity index (χ2v) is 8.39. The molecule has 8 nitrogen and oxygen atoms in total. The number of fused-ring (bicyclic) bond motifs is 1. The van der Waals surface area contributed by atoms with Crippen LogP contribution >= 0.6 is 11.6 Å². The van der Waals surface area contributed by atoms with Crippen LogP contribution in [0.3, 0.4) is 0 Å². The average Bonchev–Trinajstić information content (AvgIpc) is 2.87. The third-order valence-electron chi connectivity index (χ3n) is 6.04. The molecular weight excluding hydrogens is 456 g/mol. The van der Waals surface area contributed by atoms with Crippen LogP contribution in [0.4, 0.5) is 11.4 Å². The molecule has 4 rings (SSSR count). The third kappa shape index (κ3) is 4.52. The number of piperidine rings is 1. The summed E-state index contributed by atoms with van der Waals surface area (Å²) in [6.45, 7) is 1.27. The van der Waals surface area contributed by atoms with Crippen LogP contribution in [0, 0.1) is 17.2 Å². The number of rotatable bonds is 6. The Balaban J connectivity index is 1.51. The molecule has 176 valence electrons. The van der Waals surface area contributed by atoms with Gasteiger partial charge in [-0.2, -0.15) is 5.26 Å². The van der Waals surface area contributed by atoms with Crippen LogP contribution in [0.5, 0.6) is 17.2 Å². The fraction of sp³-hybridized carbons (Fsp3) is 0.320. The molecule has 9 heteroatoms. The van der Waals surface area contributed by atoms with Crippen molar-refractivity contribution in [1.29, 1.82) is 5.26 Å². The molecule has 0 spiro atoms. The van der Waals surface area contributed by atoms with Gasteiger partial charge in [-0.3, -0.25) is 9.78 Å². The number of nitrogens with zero attached hydrogens (tertiary/aromatic N) is 3. The molecule has 0 bridgehead atoms. The summed E-state index contributed by atoms with van der Waals surface area (Å²) < 4.78 is 16.1. The van der Waals surface area contributed by atoms with Gasteiger partial charge in [0.2, 0.25) is 11.7 Å². The van der Waals surface area contributed by atoms with E-state index in [0.717, 1.165) is 16.6 Å². The van der Waals surface area contributed by atoms with Crippen LogP contribution < -0.4 is 24.4 Å². The molecule has 0 saturated carbocycles. The summed E-state index contributed by atoms with van der Waals surface area (Å²) in [7, 11) is 4.60. The summed E-state index contributed by atoms with van der Waals surface area (Å²) in [5.41, 5.74) is 2.66. The van der Waals surface area contributed by atoms with Gasteiger partial charge in [-0.15, -0.1) is 0 Å². The summed E-state index contributed by atoms with van der Waals surface area (Å²) in [5, 5.41) is 14.1. The SMILES string of the molecule is COc1cc(NC(=O)C2CCN(c3c(C#N)cnc4ccc(Cl)cc34)CC2)cc(OC)c1OC. The maximum absolute atomic E-state index is 13.0. The fourth-order valence-corrected chi connectivity index (χ4v) is 4.51. The topological polar surface area (TPSA) is 96.7 Å². The number of methoxy groups -OCH3 is 3. The molecule has 0 atom stereocenters. The second kappa shape index (κ2) is 10.1. The first-order valence-electron chi connectivity index (χ1n) is 10.8. The highest BCUT2D eigenvalue weighted by Gasteiger charge is 2.28. The van der Waals surface area contributed by atoms with E-state index in [1.165, 1.54) is 21.3 Å². The lowest BCUT2D eigenvalue weighted by atomic mass is 9.94. The quantitative estimate of drug-likeness (QED) is 0.548. The van der Waals surface area contributed by atoms with Crippen molar-refractivity contribution in [3.05, 3.63) is 47.1 Å². The van der Waals surface area contributed by atoms with E-state index < -0.39 is 0 Å². The van der Waals surface area contributed by atoms with Crippen LogP contribution in [-0.2, 0) is 4.79 Å². The molecule has 0 aliphatic carbocycles. The number of pyridine rings is 1. The highest BCUT2D eigenvalue weighted by molar-refractivity contribution is 6.31. The predicted octanol–water partition coefficient (Wildman–Crippen LogP) is 4.64. The summed E-state index contributed by atoms with van der Waals surface area (Å²) in [5.74, 6) is 1.17. The van der Waals surface area contributed by atoms with E-state index in [4.69, 9.17) is 25.8 Å². The molecule has 34 heavy (non-hydrogen) atoms. The minimum Gasteiger partial charge on any atom is -0.493 e. The first-order chi connectivity index (χ1) is 16.5.